The molecule has 0 N–H and O–H groups in total. The van der Waals surface area contributed by atoms with Gasteiger partial charge >= 0.3 is 6.11 Å². The summed E-state index contributed by atoms with van der Waals surface area (Å²) in [6.07, 6.45) is 0.202. The Morgan fingerprint density at radius 3 is 2.18 bits per heavy atom. The Balaban J connectivity index is 1.58. The zero-order valence-corrected chi connectivity index (χ0v) is 16.3. The highest BCUT2D eigenvalue weighted by atomic mass is 19.3. The van der Waals surface area contributed by atoms with Crippen molar-refractivity contribution in [3.63, 3.8) is 0 Å². The van der Waals surface area contributed by atoms with Crippen LogP contribution in [0.4, 0.5) is 17.6 Å². The van der Waals surface area contributed by atoms with Crippen molar-refractivity contribution >= 4 is 0 Å². The Labute approximate surface area is 163 Å². The van der Waals surface area contributed by atoms with E-state index in [1.807, 2.05) is 0 Å². The van der Waals surface area contributed by atoms with Crippen molar-refractivity contribution in [1.29, 1.82) is 0 Å². The lowest BCUT2D eigenvalue weighted by Crippen LogP contribution is -2.36. The first-order chi connectivity index (χ1) is 13.3. The lowest BCUT2D eigenvalue weighted by molar-refractivity contribution is -0.223. The SMILES string of the molecule is Cc1ccc(CCc2ccc(OC(F)(F)C3CCC(C)CC3)cc2)c(F)c1F. The molecule has 0 unspecified atom stereocenters. The van der Waals surface area contributed by atoms with Crippen LogP contribution < -0.4 is 4.74 Å². The number of hydrogen-bond acceptors (Lipinski definition) is 1. The molecule has 0 spiro atoms. The Bertz CT molecular complexity index is 793. The van der Waals surface area contributed by atoms with Gasteiger partial charge in [-0.3, -0.25) is 0 Å². The topological polar surface area (TPSA) is 9.23 Å². The van der Waals surface area contributed by atoms with Gasteiger partial charge in [0.1, 0.15) is 5.75 Å². The molecule has 0 atom stereocenters. The van der Waals surface area contributed by atoms with Gasteiger partial charge in [0, 0.05) is 0 Å². The van der Waals surface area contributed by atoms with Crippen LogP contribution in [0.5, 0.6) is 5.75 Å². The maximum Gasteiger partial charge on any atom is 0.400 e. The van der Waals surface area contributed by atoms with E-state index in [4.69, 9.17) is 4.74 Å². The summed E-state index contributed by atoms with van der Waals surface area (Å²) in [7, 11) is 0. The summed E-state index contributed by atoms with van der Waals surface area (Å²) in [5.74, 6) is -1.76. The minimum Gasteiger partial charge on any atom is -0.432 e. The summed E-state index contributed by atoms with van der Waals surface area (Å²) in [6.45, 7) is 3.61. The first-order valence-electron chi connectivity index (χ1n) is 9.85. The van der Waals surface area contributed by atoms with Gasteiger partial charge in [-0.15, -0.1) is 0 Å². The zero-order chi connectivity index (χ0) is 20.3. The van der Waals surface area contributed by atoms with Crippen LogP contribution in [0.25, 0.3) is 0 Å². The van der Waals surface area contributed by atoms with Crippen LogP contribution in [0.1, 0.15) is 49.3 Å². The zero-order valence-electron chi connectivity index (χ0n) is 16.3. The molecule has 152 valence electrons. The van der Waals surface area contributed by atoms with E-state index >= 15 is 0 Å². The Hall–Kier alpha value is -2.04. The highest BCUT2D eigenvalue weighted by molar-refractivity contribution is 5.30. The molecule has 1 aliphatic carbocycles. The molecule has 0 radical (unpaired) electrons. The van der Waals surface area contributed by atoms with E-state index in [0.717, 1.165) is 18.4 Å². The van der Waals surface area contributed by atoms with Crippen molar-refractivity contribution < 1.29 is 22.3 Å². The Morgan fingerprint density at radius 2 is 1.54 bits per heavy atom. The smallest absolute Gasteiger partial charge is 0.400 e. The van der Waals surface area contributed by atoms with E-state index in [1.54, 1.807) is 24.3 Å². The van der Waals surface area contributed by atoms with Gasteiger partial charge in [-0.2, -0.15) is 8.78 Å². The minimum atomic E-state index is -3.18. The summed E-state index contributed by atoms with van der Waals surface area (Å²) in [6, 6.07) is 9.55. The first kappa shape index (κ1) is 20.7. The highest BCUT2D eigenvalue weighted by Gasteiger charge is 2.43. The molecule has 1 saturated carbocycles. The summed E-state index contributed by atoms with van der Waals surface area (Å²) >= 11 is 0. The van der Waals surface area contributed by atoms with Gasteiger partial charge in [-0.25, -0.2) is 8.78 Å². The lowest BCUT2D eigenvalue weighted by atomic mass is 9.82. The van der Waals surface area contributed by atoms with Crippen LogP contribution in [-0.4, -0.2) is 6.11 Å². The molecule has 2 aromatic carbocycles. The molecule has 0 aliphatic heterocycles. The van der Waals surface area contributed by atoms with Crippen molar-refractivity contribution in [2.24, 2.45) is 11.8 Å². The number of aryl methyl sites for hydroxylation is 3. The molecule has 2 aromatic rings. The van der Waals surface area contributed by atoms with Gasteiger partial charge in [0.15, 0.2) is 11.6 Å². The number of alkyl halides is 2. The summed E-state index contributed by atoms with van der Waals surface area (Å²) < 4.78 is 61.4. The molecular formula is C23H26F4O. The van der Waals surface area contributed by atoms with Gasteiger partial charge in [-0.1, -0.05) is 44.0 Å². The monoisotopic (exact) mass is 394 g/mol. The fourth-order valence-corrected chi connectivity index (χ4v) is 3.72. The quantitative estimate of drug-likeness (QED) is 0.487. The molecule has 0 aromatic heterocycles. The van der Waals surface area contributed by atoms with Crippen LogP contribution in [-0.2, 0) is 12.8 Å². The standard InChI is InChI=1S/C23H26F4O/c1-15-3-11-19(12-4-15)23(26,27)28-20-13-7-17(8-14-20)6-10-18-9-5-16(2)21(24)22(18)25/h5,7-9,13-15,19H,3-4,6,10-12H2,1-2H3. The third kappa shape index (κ3) is 4.86. The minimum absolute atomic E-state index is 0.125. The van der Waals surface area contributed by atoms with Crippen LogP contribution in [0.15, 0.2) is 36.4 Å². The van der Waals surface area contributed by atoms with Crippen molar-refractivity contribution in [3.05, 3.63) is 64.7 Å². The van der Waals surface area contributed by atoms with Gasteiger partial charge in [-0.05, 0) is 67.3 Å². The maximum atomic E-state index is 14.4. The second kappa shape index (κ2) is 8.54. The molecule has 0 amide bonds. The summed E-state index contributed by atoms with van der Waals surface area (Å²) in [5.41, 5.74) is 1.43. The lowest BCUT2D eigenvalue weighted by Gasteiger charge is -2.32. The van der Waals surface area contributed by atoms with Crippen LogP contribution in [0.2, 0.25) is 0 Å². The van der Waals surface area contributed by atoms with E-state index in [1.165, 1.54) is 19.1 Å². The van der Waals surface area contributed by atoms with Crippen molar-refractivity contribution in [2.75, 3.05) is 0 Å². The summed E-state index contributed by atoms with van der Waals surface area (Å²) in [4.78, 5) is 0. The van der Waals surface area contributed by atoms with E-state index in [9.17, 15) is 17.6 Å². The van der Waals surface area contributed by atoms with Crippen molar-refractivity contribution in [1.82, 2.24) is 0 Å². The predicted octanol–water partition coefficient (Wildman–Crippen LogP) is 6.86. The molecule has 3 rings (SSSR count). The number of halogens is 4. The molecule has 1 fully saturated rings. The van der Waals surface area contributed by atoms with Crippen molar-refractivity contribution in [3.8, 4) is 5.75 Å². The molecule has 0 heterocycles. The molecule has 0 bridgehead atoms. The number of hydrogen-bond donors (Lipinski definition) is 0. The van der Waals surface area contributed by atoms with E-state index < -0.39 is 23.7 Å². The number of benzene rings is 2. The van der Waals surface area contributed by atoms with Gasteiger partial charge in [0.05, 0.1) is 5.92 Å². The number of rotatable bonds is 6. The molecular weight excluding hydrogens is 368 g/mol. The fourth-order valence-electron chi connectivity index (χ4n) is 3.72. The summed E-state index contributed by atoms with van der Waals surface area (Å²) in [5, 5.41) is 0. The van der Waals surface area contributed by atoms with Crippen LogP contribution >= 0.6 is 0 Å². The largest absolute Gasteiger partial charge is 0.432 e. The van der Waals surface area contributed by atoms with E-state index in [0.29, 0.717) is 37.2 Å². The first-order valence-corrected chi connectivity index (χ1v) is 9.85. The predicted molar refractivity (Wildman–Crippen MR) is 102 cm³/mol. The molecule has 28 heavy (non-hydrogen) atoms. The Kier molecular flexibility index (Phi) is 6.31. The van der Waals surface area contributed by atoms with E-state index in [2.05, 4.69) is 6.92 Å². The average Bonchev–Trinajstić information content (AvgIpc) is 2.67. The molecule has 1 nitrogen and oxygen atoms in total. The maximum absolute atomic E-state index is 14.4. The van der Waals surface area contributed by atoms with Gasteiger partial charge in [0.2, 0.25) is 0 Å². The van der Waals surface area contributed by atoms with Crippen LogP contribution in [0.3, 0.4) is 0 Å². The molecule has 1 aliphatic rings. The molecule has 0 saturated heterocycles. The average molecular weight is 394 g/mol. The third-order valence-corrected chi connectivity index (χ3v) is 5.71. The van der Waals surface area contributed by atoms with E-state index in [-0.39, 0.29) is 11.3 Å². The Morgan fingerprint density at radius 1 is 0.893 bits per heavy atom. The normalized spacial score (nSPS) is 20.2. The number of ether oxygens (including phenoxy) is 1. The second-order valence-electron chi connectivity index (χ2n) is 7.93. The fraction of sp³-hybridized carbons (Fsp3) is 0.478. The van der Waals surface area contributed by atoms with Gasteiger partial charge in [0.25, 0.3) is 0 Å². The van der Waals surface area contributed by atoms with Crippen molar-refractivity contribution in [2.45, 2.75) is 58.5 Å². The van der Waals surface area contributed by atoms with Gasteiger partial charge < -0.3 is 4.74 Å². The molecule has 5 heteroatoms. The second-order valence-corrected chi connectivity index (χ2v) is 7.93. The van der Waals surface area contributed by atoms with Crippen LogP contribution in [0, 0.1) is 30.4 Å². The highest BCUT2D eigenvalue weighted by Crippen LogP contribution is 2.39. The third-order valence-electron chi connectivity index (χ3n) is 5.71.